The molecule has 1 unspecified atom stereocenters. The molecule has 218 valence electrons. The van der Waals surface area contributed by atoms with Crippen molar-refractivity contribution in [2.75, 3.05) is 7.05 Å². The second kappa shape index (κ2) is 15.3. The van der Waals surface area contributed by atoms with Gasteiger partial charge in [0.25, 0.3) is 0 Å². The molecule has 1 aromatic carbocycles. The third kappa shape index (κ3) is 9.98. The van der Waals surface area contributed by atoms with Gasteiger partial charge in [-0.15, -0.1) is 0 Å². The predicted octanol–water partition coefficient (Wildman–Crippen LogP) is 9.66. The Morgan fingerprint density at radius 3 is 2.12 bits per heavy atom. The summed E-state index contributed by atoms with van der Waals surface area (Å²) in [4.78, 5) is 17.1. The molecule has 2 fully saturated rings. The number of pyridine rings is 1. The van der Waals surface area contributed by atoms with Crippen molar-refractivity contribution < 1.29 is 4.79 Å². The number of carbonyl (C=O) groups excluding carboxylic acids is 1. The van der Waals surface area contributed by atoms with Crippen LogP contribution in [0.5, 0.6) is 0 Å². The number of nitrogens with zero attached hydrogens (tertiary/aromatic N) is 2. The highest BCUT2D eigenvalue weighted by Crippen LogP contribution is 2.44. The third-order valence-electron chi connectivity index (χ3n) is 8.24. The minimum Gasteiger partial charge on any atom is -0.304 e. The number of benzene rings is 1. The van der Waals surface area contributed by atoms with Gasteiger partial charge in [-0.1, -0.05) is 64.1 Å². The largest absolute Gasteiger partial charge is 0.304 e. The Bertz CT molecular complexity index is 1190. The number of fused-ring (bicyclic) bond motifs is 1. The molecule has 0 bridgehead atoms. The molecule has 3 aliphatic rings. The molecule has 0 amide bonds. The summed E-state index contributed by atoms with van der Waals surface area (Å²) >= 11 is 0. The Labute approximate surface area is 245 Å². The van der Waals surface area contributed by atoms with E-state index in [9.17, 15) is 0 Å². The van der Waals surface area contributed by atoms with Crippen molar-refractivity contribution in [3.8, 4) is 0 Å². The summed E-state index contributed by atoms with van der Waals surface area (Å²) in [7, 11) is 1.77. The molecule has 3 aliphatic carbocycles. The zero-order valence-corrected chi connectivity index (χ0v) is 27.0. The molecule has 1 heterocycles. The van der Waals surface area contributed by atoms with E-state index >= 15 is 0 Å². The number of hydrogen-bond donors (Lipinski definition) is 0. The van der Waals surface area contributed by atoms with E-state index < -0.39 is 0 Å². The molecule has 40 heavy (non-hydrogen) atoms. The molecule has 3 heteroatoms. The molecule has 0 aliphatic heterocycles. The summed E-state index contributed by atoms with van der Waals surface area (Å²) in [5, 5.41) is 0. The Kier molecular flexibility index (Phi) is 12.7. The zero-order valence-electron chi connectivity index (χ0n) is 27.0. The molecule has 1 atom stereocenters. The SMILES string of the molecule is C=Cc1cc2c(c(C)c1/C=C(\C)C1CC1)CC(C)C2.CC1CC(C)(C)C1.CC=O.CN=C(C)c1ccc(C)cn1. The Balaban J connectivity index is 0.000000225. The number of aldehydes is 1. The molecule has 0 spiro atoms. The van der Waals surface area contributed by atoms with Crippen molar-refractivity contribution in [1.82, 2.24) is 4.98 Å². The lowest BCUT2D eigenvalue weighted by molar-refractivity contribution is -0.106. The average Bonchev–Trinajstić information content (AvgIpc) is 3.67. The van der Waals surface area contributed by atoms with Gasteiger partial charge in [-0.3, -0.25) is 9.98 Å². The van der Waals surface area contributed by atoms with Crippen LogP contribution in [0.25, 0.3) is 12.2 Å². The van der Waals surface area contributed by atoms with Crippen molar-refractivity contribution in [3.63, 3.8) is 0 Å². The van der Waals surface area contributed by atoms with Crippen LogP contribution >= 0.6 is 0 Å². The summed E-state index contributed by atoms with van der Waals surface area (Å²) in [6.45, 7) is 23.4. The quantitative estimate of drug-likeness (QED) is 0.285. The van der Waals surface area contributed by atoms with Gasteiger partial charge in [-0.25, -0.2) is 0 Å². The van der Waals surface area contributed by atoms with Crippen molar-refractivity contribution in [2.24, 2.45) is 28.2 Å². The summed E-state index contributed by atoms with van der Waals surface area (Å²) in [5.74, 6) is 2.66. The third-order valence-corrected chi connectivity index (χ3v) is 8.24. The van der Waals surface area contributed by atoms with Gasteiger partial charge >= 0.3 is 0 Å². The van der Waals surface area contributed by atoms with E-state index in [-0.39, 0.29) is 0 Å². The molecule has 0 saturated heterocycles. The monoisotopic (exact) mass is 542 g/mol. The number of allylic oxidation sites excluding steroid dienone is 1. The molecule has 1 aromatic heterocycles. The topological polar surface area (TPSA) is 42.3 Å². The number of carbonyl (C=O) groups is 1. The van der Waals surface area contributed by atoms with Crippen LogP contribution < -0.4 is 0 Å². The van der Waals surface area contributed by atoms with E-state index in [0.717, 1.165) is 35.4 Å². The first-order valence-corrected chi connectivity index (χ1v) is 15.1. The molecule has 3 nitrogen and oxygen atoms in total. The number of aryl methyl sites for hydroxylation is 1. The second-order valence-electron chi connectivity index (χ2n) is 13.0. The number of aromatic nitrogens is 1. The first kappa shape index (κ1) is 33.4. The van der Waals surface area contributed by atoms with E-state index in [4.69, 9.17) is 4.79 Å². The maximum absolute atomic E-state index is 8.81. The van der Waals surface area contributed by atoms with E-state index in [0.29, 0.717) is 5.41 Å². The van der Waals surface area contributed by atoms with E-state index in [1.807, 2.05) is 38.3 Å². The van der Waals surface area contributed by atoms with Gasteiger partial charge in [0, 0.05) is 13.2 Å². The zero-order chi connectivity index (χ0) is 30.0. The second-order valence-corrected chi connectivity index (χ2v) is 13.0. The predicted molar refractivity (Wildman–Crippen MR) is 175 cm³/mol. The number of hydrogen-bond acceptors (Lipinski definition) is 3. The van der Waals surface area contributed by atoms with Crippen LogP contribution in [0.4, 0.5) is 0 Å². The standard InChI is InChI=1S/C19H24.C9H12N2.C7H14.C2H4O/c1-5-15-11-17-8-12(2)9-18(17)14(4)19(15)10-13(3)16-6-7-16;1-7-4-5-9(11-6-7)8(2)10-3;1-6-4-7(2,3)5-6;1-2-3/h5,10-12,16H,1,6-9H2,2-4H3;4-6H,1-3H3;6H,4-5H2,1-3H3;2H,1H3/b13-10+;;;. The van der Waals surface area contributed by atoms with Crippen LogP contribution in [0, 0.1) is 37.0 Å². The average molecular weight is 543 g/mol. The van der Waals surface area contributed by atoms with Crippen molar-refractivity contribution >= 4 is 24.1 Å². The summed E-state index contributed by atoms with van der Waals surface area (Å²) in [6.07, 6.45) is 15.2. The highest BCUT2D eigenvalue weighted by molar-refractivity contribution is 5.96. The van der Waals surface area contributed by atoms with Crippen molar-refractivity contribution in [3.05, 3.63) is 75.6 Å². The van der Waals surface area contributed by atoms with Crippen LogP contribution in [0.15, 0.2) is 41.5 Å². The van der Waals surface area contributed by atoms with E-state index in [1.165, 1.54) is 67.7 Å². The Hall–Kier alpha value is -2.81. The fourth-order valence-electron chi connectivity index (χ4n) is 6.10. The maximum atomic E-state index is 8.81. The lowest BCUT2D eigenvalue weighted by Crippen LogP contribution is -2.29. The van der Waals surface area contributed by atoms with Gasteiger partial charge in [0.2, 0.25) is 0 Å². The van der Waals surface area contributed by atoms with Crippen LogP contribution in [-0.2, 0) is 17.6 Å². The lowest BCUT2D eigenvalue weighted by Gasteiger charge is -2.40. The normalized spacial score (nSPS) is 19.4. The fraction of sp³-hybridized carbons (Fsp3) is 0.541. The molecule has 0 N–H and O–H groups in total. The van der Waals surface area contributed by atoms with Gasteiger partial charge < -0.3 is 4.79 Å². The van der Waals surface area contributed by atoms with Crippen LogP contribution in [0.2, 0.25) is 0 Å². The Morgan fingerprint density at radius 1 is 1.07 bits per heavy atom. The van der Waals surface area contributed by atoms with E-state index in [1.54, 1.807) is 23.7 Å². The highest BCUT2D eigenvalue weighted by Gasteiger charge is 2.32. The van der Waals surface area contributed by atoms with E-state index in [2.05, 4.69) is 70.2 Å². The summed E-state index contributed by atoms with van der Waals surface area (Å²) in [5.41, 5.74) is 12.8. The molecule has 2 aromatic rings. The maximum Gasteiger partial charge on any atom is 0.116 e. The molecule has 5 rings (SSSR count). The molecular formula is C37H54N2O. The van der Waals surface area contributed by atoms with Gasteiger partial charge in [0.15, 0.2) is 0 Å². The van der Waals surface area contributed by atoms with Gasteiger partial charge in [0.05, 0.1) is 11.4 Å². The summed E-state index contributed by atoms with van der Waals surface area (Å²) < 4.78 is 0. The smallest absolute Gasteiger partial charge is 0.116 e. The first-order chi connectivity index (χ1) is 18.8. The van der Waals surface area contributed by atoms with Crippen molar-refractivity contribution in [2.45, 2.75) is 101 Å². The molecule has 0 radical (unpaired) electrons. The lowest BCUT2D eigenvalue weighted by atomic mass is 9.65. The molecule has 2 saturated carbocycles. The summed E-state index contributed by atoms with van der Waals surface area (Å²) in [6, 6.07) is 6.40. The van der Waals surface area contributed by atoms with Crippen molar-refractivity contribution in [1.29, 1.82) is 0 Å². The number of aliphatic imine (C=N–C) groups is 1. The van der Waals surface area contributed by atoms with Gasteiger partial charge in [0.1, 0.15) is 6.29 Å². The van der Waals surface area contributed by atoms with Crippen LogP contribution in [-0.4, -0.2) is 24.0 Å². The highest BCUT2D eigenvalue weighted by atomic mass is 16.1. The Morgan fingerprint density at radius 2 is 1.70 bits per heavy atom. The number of rotatable bonds is 4. The first-order valence-electron chi connectivity index (χ1n) is 15.1. The van der Waals surface area contributed by atoms with Gasteiger partial charge in [-0.2, -0.15) is 0 Å². The minimum atomic E-state index is 0.694. The van der Waals surface area contributed by atoms with Gasteiger partial charge in [-0.05, 0) is 136 Å². The van der Waals surface area contributed by atoms with Crippen LogP contribution in [0.1, 0.15) is 113 Å². The van der Waals surface area contributed by atoms with Crippen LogP contribution in [0.3, 0.4) is 0 Å². The fourth-order valence-corrected chi connectivity index (χ4v) is 6.10. The molecular weight excluding hydrogens is 488 g/mol. The minimum absolute atomic E-state index is 0.694.